The Labute approximate surface area is 108 Å². The zero-order chi connectivity index (χ0) is 12.9. The number of nitrogens with zero attached hydrogens (tertiary/aromatic N) is 1. The lowest BCUT2D eigenvalue weighted by Crippen LogP contribution is -2.42. The van der Waals surface area contributed by atoms with Gasteiger partial charge in [0.1, 0.15) is 0 Å². The molecule has 102 valence electrons. The molecule has 0 aromatic carbocycles. The lowest BCUT2D eigenvalue weighted by molar-refractivity contribution is 0.175. The van der Waals surface area contributed by atoms with Gasteiger partial charge < -0.3 is 10.2 Å². The monoisotopic (exact) mass is 240 g/mol. The number of hydrogen-bond donors (Lipinski definition) is 1. The fourth-order valence-electron chi connectivity index (χ4n) is 2.67. The molecule has 0 aliphatic carbocycles. The molecule has 1 heterocycles. The van der Waals surface area contributed by atoms with E-state index < -0.39 is 0 Å². The Morgan fingerprint density at radius 1 is 1.41 bits per heavy atom. The molecule has 2 atom stereocenters. The molecule has 1 saturated heterocycles. The van der Waals surface area contributed by atoms with E-state index in [1.807, 2.05) is 0 Å². The molecule has 1 fully saturated rings. The van der Waals surface area contributed by atoms with Crippen molar-refractivity contribution >= 4 is 0 Å². The highest BCUT2D eigenvalue weighted by Gasteiger charge is 2.28. The molecule has 17 heavy (non-hydrogen) atoms. The number of nitrogens with one attached hydrogen (secondary N) is 1. The normalized spacial score (nSPS) is 25.4. The summed E-state index contributed by atoms with van der Waals surface area (Å²) in [4.78, 5) is 2.66. The Bertz CT molecular complexity index is 215. The van der Waals surface area contributed by atoms with Crippen molar-refractivity contribution in [1.82, 2.24) is 10.2 Å². The summed E-state index contributed by atoms with van der Waals surface area (Å²) < 4.78 is 0. The summed E-state index contributed by atoms with van der Waals surface area (Å²) in [5.74, 6) is 1.66. The average molecular weight is 240 g/mol. The Morgan fingerprint density at radius 2 is 2.12 bits per heavy atom. The predicted molar refractivity (Wildman–Crippen MR) is 76.3 cm³/mol. The summed E-state index contributed by atoms with van der Waals surface area (Å²) in [5.41, 5.74) is 0.443. The van der Waals surface area contributed by atoms with Crippen LogP contribution in [0.1, 0.15) is 47.5 Å². The minimum atomic E-state index is 0.443. The maximum atomic E-state index is 3.63. The van der Waals surface area contributed by atoms with Gasteiger partial charge >= 0.3 is 0 Å². The number of rotatable bonds is 7. The molecule has 1 aliphatic rings. The van der Waals surface area contributed by atoms with Crippen LogP contribution in [0.2, 0.25) is 0 Å². The molecular weight excluding hydrogens is 208 g/mol. The molecule has 2 heteroatoms. The van der Waals surface area contributed by atoms with E-state index in [2.05, 4.69) is 44.8 Å². The van der Waals surface area contributed by atoms with E-state index in [0.29, 0.717) is 5.41 Å². The first-order chi connectivity index (χ1) is 7.95. The topological polar surface area (TPSA) is 15.3 Å². The first-order valence-corrected chi connectivity index (χ1v) is 7.38. The Hall–Kier alpha value is -0.0800. The third kappa shape index (κ3) is 5.39. The Balaban J connectivity index is 2.33. The highest BCUT2D eigenvalue weighted by Crippen LogP contribution is 2.25. The lowest BCUT2D eigenvalue weighted by Gasteiger charge is -2.33. The van der Waals surface area contributed by atoms with E-state index in [4.69, 9.17) is 0 Å². The standard InChI is InChI=1S/C15H32N2/c1-6-15(5,11-16-9-13(2)3)12-17-8-7-14(4)10-17/h13-14,16H,6-12H2,1-5H3. The molecule has 1 aliphatic heterocycles. The van der Waals surface area contributed by atoms with Gasteiger partial charge in [0.25, 0.3) is 0 Å². The van der Waals surface area contributed by atoms with Crippen LogP contribution >= 0.6 is 0 Å². The molecule has 1 rings (SSSR count). The van der Waals surface area contributed by atoms with Gasteiger partial charge in [-0.3, -0.25) is 0 Å². The van der Waals surface area contributed by atoms with Gasteiger partial charge in [-0.05, 0) is 43.2 Å². The average Bonchev–Trinajstić information content (AvgIpc) is 2.63. The largest absolute Gasteiger partial charge is 0.316 e. The molecule has 0 aromatic rings. The molecule has 0 aromatic heterocycles. The van der Waals surface area contributed by atoms with Crippen LogP contribution in [0.4, 0.5) is 0 Å². The highest BCUT2D eigenvalue weighted by molar-refractivity contribution is 4.83. The first-order valence-electron chi connectivity index (χ1n) is 7.38. The van der Waals surface area contributed by atoms with Crippen molar-refractivity contribution in [2.75, 3.05) is 32.7 Å². The van der Waals surface area contributed by atoms with Gasteiger partial charge in [-0.2, -0.15) is 0 Å². The van der Waals surface area contributed by atoms with Crippen LogP contribution in [0.3, 0.4) is 0 Å². The molecule has 0 saturated carbocycles. The summed E-state index contributed by atoms with van der Waals surface area (Å²) in [5, 5.41) is 3.63. The molecule has 0 radical (unpaired) electrons. The van der Waals surface area contributed by atoms with E-state index in [0.717, 1.165) is 24.9 Å². The van der Waals surface area contributed by atoms with Crippen molar-refractivity contribution in [1.29, 1.82) is 0 Å². The van der Waals surface area contributed by atoms with Crippen LogP contribution in [-0.2, 0) is 0 Å². The SMILES string of the molecule is CCC(C)(CNCC(C)C)CN1CCC(C)C1. The number of hydrogen-bond acceptors (Lipinski definition) is 2. The van der Waals surface area contributed by atoms with Crippen molar-refractivity contribution < 1.29 is 0 Å². The smallest absolute Gasteiger partial charge is 0.00475 e. The van der Waals surface area contributed by atoms with Crippen LogP contribution in [0, 0.1) is 17.3 Å². The Morgan fingerprint density at radius 3 is 2.59 bits per heavy atom. The van der Waals surface area contributed by atoms with E-state index in [9.17, 15) is 0 Å². The van der Waals surface area contributed by atoms with E-state index in [1.165, 1.54) is 32.5 Å². The molecule has 2 nitrogen and oxygen atoms in total. The van der Waals surface area contributed by atoms with E-state index in [1.54, 1.807) is 0 Å². The van der Waals surface area contributed by atoms with Crippen molar-refractivity contribution in [3.8, 4) is 0 Å². The molecule has 1 N–H and O–H groups in total. The fraction of sp³-hybridized carbons (Fsp3) is 1.00. The summed E-state index contributed by atoms with van der Waals surface area (Å²) >= 11 is 0. The number of likely N-dealkylation sites (tertiary alicyclic amines) is 1. The lowest BCUT2D eigenvalue weighted by atomic mass is 9.86. The van der Waals surface area contributed by atoms with Crippen LogP contribution < -0.4 is 5.32 Å². The molecular formula is C15H32N2. The second-order valence-electron chi connectivity index (χ2n) is 6.82. The van der Waals surface area contributed by atoms with Crippen molar-refractivity contribution in [3.05, 3.63) is 0 Å². The maximum absolute atomic E-state index is 3.63. The summed E-state index contributed by atoms with van der Waals surface area (Å²) in [6, 6.07) is 0. The second-order valence-corrected chi connectivity index (χ2v) is 6.82. The third-order valence-corrected chi connectivity index (χ3v) is 4.07. The quantitative estimate of drug-likeness (QED) is 0.736. The zero-order valence-corrected chi connectivity index (χ0v) is 12.6. The second kappa shape index (κ2) is 6.75. The molecule has 0 amide bonds. The summed E-state index contributed by atoms with van der Waals surface area (Å²) in [6.45, 7) is 17.9. The van der Waals surface area contributed by atoms with Gasteiger partial charge in [0, 0.05) is 19.6 Å². The summed E-state index contributed by atoms with van der Waals surface area (Å²) in [7, 11) is 0. The van der Waals surface area contributed by atoms with Crippen LogP contribution in [0.15, 0.2) is 0 Å². The van der Waals surface area contributed by atoms with E-state index >= 15 is 0 Å². The highest BCUT2D eigenvalue weighted by atomic mass is 15.2. The van der Waals surface area contributed by atoms with Crippen molar-refractivity contribution in [2.45, 2.75) is 47.5 Å². The zero-order valence-electron chi connectivity index (χ0n) is 12.6. The van der Waals surface area contributed by atoms with Crippen LogP contribution in [-0.4, -0.2) is 37.6 Å². The minimum absolute atomic E-state index is 0.443. The molecule has 2 unspecified atom stereocenters. The van der Waals surface area contributed by atoms with Crippen LogP contribution in [0.5, 0.6) is 0 Å². The van der Waals surface area contributed by atoms with Gasteiger partial charge in [0.2, 0.25) is 0 Å². The van der Waals surface area contributed by atoms with Gasteiger partial charge in [0.15, 0.2) is 0 Å². The van der Waals surface area contributed by atoms with Crippen molar-refractivity contribution in [2.24, 2.45) is 17.3 Å². The first kappa shape index (κ1) is 15.0. The van der Waals surface area contributed by atoms with Crippen LogP contribution in [0.25, 0.3) is 0 Å². The maximum Gasteiger partial charge on any atom is 0.00475 e. The Kier molecular flexibility index (Phi) is 5.94. The minimum Gasteiger partial charge on any atom is -0.316 e. The third-order valence-electron chi connectivity index (χ3n) is 4.07. The summed E-state index contributed by atoms with van der Waals surface area (Å²) in [6.07, 6.45) is 2.65. The van der Waals surface area contributed by atoms with Gasteiger partial charge in [-0.25, -0.2) is 0 Å². The molecule has 0 bridgehead atoms. The van der Waals surface area contributed by atoms with Gasteiger partial charge in [-0.1, -0.05) is 34.6 Å². The molecule has 0 spiro atoms. The van der Waals surface area contributed by atoms with E-state index in [-0.39, 0.29) is 0 Å². The van der Waals surface area contributed by atoms with Crippen molar-refractivity contribution in [3.63, 3.8) is 0 Å². The predicted octanol–water partition coefficient (Wildman–Crippen LogP) is 2.99. The van der Waals surface area contributed by atoms with Gasteiger partial charge in [0.05, 0.1) is 0 Å². The fourth-order valence-corrected chi connectivity index (χ4v) is 2.67. The van der Waals surface area contributed by atoms with Gasteiger partial charge in [-0.15, -0.1) is 0 Å².